The van der Waals surface area contributed by atoms with Crippen LogP contribution in [0.2, 0.25) is 0 Å². The predicted octanol–water partition coefficient (Wildman–Crippen LogP) is 3.89. The van der Waals surface area contributed by atoms with E-state index in [9.17, 15) is 4.79 Å². The van der Waals surface area contributed by atoms with Gasteiger partial charge in [-0.2, -0.15) is 0 Å². The SMILES string of the molecule is Cc1cc(C)nc(SCC(=O)c2sccc2Br)n1. The van der Waals surface area contributed by atoms with Crippen molar-refractivity contribution in [3.05, 3.63) is 38.3 Å². The zero-order valence-corrected chi connectivity index (χ0v) is 13.2. The highest BCUT2D eigenvalue weighted by Crippen LogP contribution is 2.25. The van der Waals surface area contributed by atoms with E-state index in [4.69, 9.17) is 0 Å². The van der Waals surface area contributed by atoms with Gasteiger partial charge in [0.2, 0.25) is 0 Å². The summed E-state index contributed by atoms with van der Waals surface area (Å²) in [7, 11) is 0. The summed E-state index contributed by atoms with van der Waals surface area (Å²) in [5.74, 6) is 0.465. The van der Waals surface area contributed by atoms with Crippen LogP contribution in [0.1, 0.15) is 21.1 Å². The van der Waals surface area contributed by atoms with Crippen molar-refractivity contribution in [1.29, 1.82) is 0 Å². The van der Waals surface area contributed by atoms with Crippen molar-refractivity contribution in [1.82, 2.24) is 9.97 Å². The summed E-state index contributed by atoms with van der Waals surface area (Å²) in [6, 6.07) is 3.80. The fraction of sp³-hybridized carbons (Fsp3) is 0.250. The van der Waals surface area contributed by atoms with Gasteiger partial charge in [0.1, 0.15) is 0 Å². The average Bonchev–Trinajstić information content (AvgIpc) is 2.71. The highest BCUT2D eigenvalue weighted by Gasteiger charge is 2.13. The van der Waals surface area contributed by atoms with Crippen molar-refractivity contribution in [3.63, 3.8) is 0 Å². The third-order valence-electron chi connectivity index (χ3n) is 2.16. The molecule has 18 heavy (non-hydrogen) atoms. The fourth-order valence-electron chi connectivity index (χ4n) is 1.45. The number of Topliss-reactive ketones (excluding diaryl/α,β-unsaturated/α-hetero) is 1. The first-order valence-corrected chi connectivity index (χ1v) is 7.93. The van der Waals surface area contributed by atoms with Crippen molar-refractivity contribution in [3.8, 4) is 0 Å². The third-order valence-corrected chi connectivity index (χ3v) is 4.89. The van der Waals surface area contributed by atoms with E-state index < -0.39 is 0 Å². The van der Waals surface area contributed by atoms with Crippen LogP contribution in [0, 0.1) is 13.8 Å². The van der Waals surface area contributed by atoms with E-state index in [2.05, 4.69) is 25.9 Å². The van der Waals surface area contributed by atoms with E-state index >= 15 is 0 Å². The molecular weight excluding hydrogens is 332 g/mol. The van der Waals surface area contributed by atoms with E-state index in [-0.39, 0.29) is 5.78 Å². The van der Waals surface area contributed by atoms with Crippen molar-refractivity contribution >= 4 is 44.8 Å². The molecule has 0 saturated carbocycles. The minimum absolute atomic E-state index is 0.102. The first-order valence-electron chi connectivity index (χ1n) is 5.27. The van der Waals surface area contributed by atoms with Crippen LogP contribution in [0.4, 0.5) is 0 Å². The molecule has 0 atom stereocenters. The zero-order chi connectivity index (χ0) is 13.1. The Kier molecular flexibility index (Phi) is 4.53. The van der Waals surface area contributed by atoms with Crippen molar-refractivity contribution in [2.24, 2.45) is 0 Å². The van der Waals surface area contributed by atoms with Gasteiger partial charge in [0.05, 0.1) is 10.6 Å². The van der Waals surface area contributed by atoms with Gasteiger partial charge in [0, 0.05) is 15.9 Å². The Hall–Kier alpha value is -0.720. The summed E-state index contributed by atoms with van der Waals surface area (Å²) in [4.78, 5) is 21.3. The Labute approximate surface area is 122 Å². The number of rotatable bonds is 4. The number of ketones is 1. The number of nitrogens with zero attached hydrogens (tertiary/aromatic N) is 2. The number of thioether (sulfide) groups is 1. The second-order valence-electron chi connectivity index (χ2n) is 3.74. The molecular formula is C12H11BrN2OS2. The molecule has 94 valence electrons. The lowest BCUT2D eigenvalue weighted by Crippen LogP contribution is -2.02. The zero-order valence-electron chi connectivity index (χ0n) is 9.94. The Morgan fingerprint density at radius 2 is 2.06 bits per heavy atom. The molecule has 0 bridgehead atoms. The molecule has 0 spiro atoms. The summed E-state index contributed by atoms with van der Waals surface area (Å²) in [6.45, 7) is 3.85. The molecule has 0 saturated heterocycles. The average molecular weight is 343 g/mol. The van der Waals surface area contributed by atoms with Gasteiger partial charge in [0.25, 0.3) is 0 Å². The molecule has 0 aliphatic rings. The van der Waals surface area contributed by atoms with Gasteiger partial charge in [-0.25, -0.2) is 9.97 Å². The molecule has 0 radical (unpaired) electrons. The number of carbonyl (C=O) groups is 1. The molecule has 0 aliphatic carbocycles. The molecule has 2 aromatic heterocycles. The molecule has 0 fully saturated rings. The maximum Gasteiger partial charge on any atom is 0.188 e. The third kappa shape index (κ3) is 3.40. The number of hydrogen-bond donors (Lipinski definition) is 0. The topological polar surface area (TPSA) is 42.9 Å². The summed E-state index contributed by atoms with van der Waals surface area (Å²) in [5, 5.41) is 2.56. The van der Waals surface area contributed by atoms with Crippen molar-refractivity contribution in [2.75, 3.05) is 5.75 Å². The maximum atomic E-state index is 12.0. The minimum atomic E-state index is 0.102. The standard InChI is InChI=1S/C12H11BrN2OS2/c1-7-5-8(2)15-12(14-7)18-6-10(16)11-9(13)3-4-17-11/h3-5H,6H2,1-2H3. The number of hydrogen-bond acceptors (Lipinski definition) is 5. The lowest BCUT2D eigenvalue weighted by atomic mass is 10.3. The van der Waals surface area contributed by atoms with Gasteiger partial charge < -0.3 is 0 Å². The molecule has 2 rings (SSSR count). The van der Waals surface area contributed by atoms with Crippen LogP contribution >= 0.6 is 39.0 Å². The smallest absolute Gasteiger partial charge is 0.188 e. The van der Waals surface area contributed by atoms with Crippen LogP contribution in [-0.4, -0.2) is 21.5 Å². The van der Waals surface area contributed by atoms with E-state index in [0.29, 0.717) is 10.9 Å². The highest BCUT2D eigenvalue weighted by molar-refractivity contribution is 9.10. The number of carbonyl (C=O) groups excluding carboxylic acids is 1. The van der Waals surface area contributed by atoms with Crippen molar-refractivity contribution < 1.29 is 4.79 Å². The maximum absolute atomic E-state index is 12.0. The molecule has 0 aliphatic heterocycles. The number of aryl methyl sites for hydroxylation is 2. The Bertz CT molecular complexity index is 563. The molecule has 0 aromatic carbocycles. The Morgan fingerprint density at radius 1 is 1.39 bits per heavy atom. The van der Waals surface area contributed by atoms with Crippen LogP contribution < -0.4 is 0 Å². The molecule has 0 N–H and O–H groups in total. The van der Waals surface area contributed by atoms with Crippen LogP contribution in [0.5, 0.6) is 0 Å². The summed E-state index contributed by atoms with van der Waals surface area (Å²) >= 11 is 6.19. The van der Waals surface area contributed by atoms with E-state index in [0.717, 1.165) is 20.7 Å². The summed E-state index contributed by atoms with van der Waals surface area (Å²) < 4.78 is 0.861. The van der Waals surface area contributed by atoms with Gasteiger partial charge in [-0.1, -0.05) is 11.8 Å². The first kappa shape index (κ1) is 13.7. The lowest BCUT2D eigenvalue weighted by molar-refractivity contribution is 0.102. The van der Waals surface area contributed by atoms with Crippen molar-refractivity contribution in [2.45, 2.75) is 19.0 Å². The molecule has 6 heteroatoms. The number of thiophene rings is 1. The Morgan fingerprint density at radius 3 is 2.61 bits per heavy atom. The molecule has 0 amide bonds. The lowest BCUT2D eigenvalue weighted by Gasteiger charge is -2.02. The van der Waals surface area contributed by atoms with Gasteiger partial charge in [0.15, 0.2) is 10.9 Å². The number of halogens is 1. The first-order chi connectivity index (χ1) is 8.56. The van der Waals surface area contributed by atoms with Crippen LogP contribution in [-0.2, 0) is 0 Å². The number of aromatic nitrogens is 2. The molecule has 3 nitrogen and oxygen atoms in total. The minimum Gasteiger partial charge on any atom is -0.292 e. The van der Waals surface area contributed by atoms with Crippen LogP contribution in [0.3, 0.4) is 0 Å². The highest BCUT2D eigenvalue weighted by atomic mass is 79.9. The van der Waals surface area contributed by atoms with Crippen LogP contribution in [0.25, 0.3) is 0 Å². The van der Waals surface area contributed by atoms with E-state index in [1.807, 2.05) is 31.4 Å². The fourth-order valence-corrected chi connectivity index (χ4v) is 3.89. The Balaban J connectivity index is 2.04. The van der Waals surface area contributed by atoms with Crippen LogP contribution in [0.15, 0.2) is 27.1 Å². The van der Waals surface area contributed by atoms with Gasteiger partial charge >= 0.3 is 0 Å². The monoisotopic (exact) mass is 342 g/mol. The molecule has 2 heterocycles. The second kappa shape index (κ2) is 5.95. The molecule has 2 aromatic rings. The van der Waals surface area contributed by atoms with Gasteiger partial charge in [-0.3, -0.25) is 4.79 Å². The quantitative estimate of drug-likeness (QED) is 0.480. The molecule has 0 unspecified atom stereocenters. The largest absolute Gasteiger partial charge is 0.292 e. The van der Waals surface area contributed by atoms with E-state index in [1.54, 1.807) is 0 Å². The van der Waals surface area contributed by atoms with E-state index in [1.165, 1.54) is 23.1 Å². The van der Waals surface area contributed by atoms with Gasteiger partial charge in [-0.05, 0) is 47.3 Å². The predicted molar refractivity (Wildman–Crippen MR) is 78.6 cm³/mol. The van der Waals surface area contributed by atoms with Gasteiger partial charge in [-0.15, -0.1) is 11.3 Å². The summed E-state index contributed by atoms with van der Waals surface area (Å²) in [6.07, 6.45) is 0. The summed E-state index contributed by atoms with van der Waals surface area (Å²) in [5.41, 5.74) is 1.85. The second-order valence-corrected chi connectivity index (χ2v) is 6.46. The normalized spacial score (nSPS) is 10.6.